The molecule has 0 aliphatic heterocycles. The maximum absolute atomic E-state index is 12.6. The van der Waals surface area contributed by atoms with Crippen molar-refractivity contribution in [2.24, 2.45) is 0 Å². The number of benzene rings is 2. The third kappa shape index (κ3) is 4.89. The highest BCUT2D eigenvalue weighted by molar-refractivity contribution is 6.04. The van der Waals surface area contributed by atoms with E-state index in [2.05, 4.69) is 20.2 Å². The van der Waals surface area contributed by atoms with Gasteiger partial charge in [0.1, 0.15) is 5.82 Å². The van der Waals surface area contributed by atoms with Gasteiger partial charge < -0.3 is 15.2 Å². The molecule has 27 heavy (non-hydrogen) atoms. The van der Waals surface area contributed by atoms with Gasteiger partial charge >= 0.3 is 0 Å². The number of carbonyl (C=O) groups excluding carboxylic acids is 1. The minimum absolute atomic E-state index is 0.182. The Labute approximate surface area is 157 Å². The molecule has 0 atom stereocenters. The molecule has 3 rings (SSSR count). The number of amides is 1. The van der Waals surface area contributed by atoms with Gasteiger partial charge in [-0.2, -0.15) is 0 Å². The molecule has 0 bridgehead atoms. The Morgan fingerprint density at radius 3 is 2.63 bits per heavy atom. The molecule has 0 radical (unpaired) electrons. The number of aryl methyl sites for hydroxylation is 1. The summed E-state index contributed by atoms with van der Waals surface area (Å²) in [6.45, 7) is 2.54. The van der Waals surface area contributed by atoms with Crippen molar-refractivity contribution >= 4 is 11.6 Å². The molecular weight excluding hydrogens is 340 g/mol. The minimum atomic E-state index is -0.204. The van der Waals surface area contributed by atoms with Crippen molar-refractivity contribution in [1.29, 1.82) is 0 Å². The topological polar surface area (TPSA) is 78.1 Å². The Morgan fingerprint density at radius 1 is 1.11 bits per heavy atom. The number of H-pyrrole nitrogens is 1. The van der Waals surface area contributed by atoms with Crippen LogP contribution in [0.25, 0.3) is 11.4 Å². The Morgan fingerprint density at radius 2 is 1.89 bits per heavy atom. The smallest absolute Gasteiger partial charge is 0.255 e. The average Bonchev–Trinajstić information content (AvgIpc) is 2.61. The van der Waals surface area contributed by atoms with Gasteiger partial charge in [-0.05, 0) is 50.8 Å². The summed E-state index contributed by atoms with van der Waals surface area (Å²) in [6.07, 6.45) is 0. The van der Waals surface area contributed by atoms with Gasteiger partial charge in [-0.15, -0.1) is 0 Å². The van der Waals surface area contributed by atoms with Crippen LogP contribution in [0.3, 0.4) is 0 Å². The summed E-state index contributed by atoms with van der Waals surface area (Å²) in [5, 5.41) is 2.91. The molecule has 0 unspecified atom stereocenters. The van der Waals surface area contributed by atoms with Gasteiger partial charge in [-0.3, -0.25) is 9.59 Å². The number of hydrogen-bond acceptors (Lipinski definition) is 4. The van der Waals surface area contributed by atoms with E-state index < -0.39 is 0 Å². The standard InChI is InChI=1S/C21H22N4O2/c1-14-10-19(26)24-20(22-14)16-7-5-9-18(12-16)23-21(27)17-8-4-6-15(11-17)13-25(2)3/h4-12H,13H2,1-3H3,(H,23,27)(H,22,24,26). The van der Waals surface area contributed by atoms with Crippen molar-refractivity contribution in [2.45, 2.75) is 13.5 Å². The highest BCUT2D eigenvalue weighted by Gasteiger charge is 2.09. The normalized spacial score (nSPS) is 10.8. The minimum Gasteiger partial charge on any atom is -0.322 e. The van der Waals surface area contributed by atoms with Crippen molar-refractivity contribution in [1.82, 2.24) is 14.9 Å². The summed E-state index contributed by atoms with van der Waals surface area (Å²) in [5.74, 6) is 0.294. The molecular formula is C21H22N4O2. The Bertz CT molecular complexity index is 1020. The van der Waals surface area contributed by atoms with Crippen LogP contribution in [0.4, 0.5) is 5.69 Å². The van der Waals surface area contributed by atoms with E-state index in [-0.39, 0.29) is 11.5 Å². The van der Waals surface area contributed by atoms with Gasteiger partial charge in [-0.1, -0.05) is 24.3 Å². The highest BCUT2D eigenvalue weighted by Crippen LogP contribution is 2.19. The van der Waals surface area contributed by atoms with E-state index in [1.807, 2.05) is 44.4 Å². The summed E-state index contributed by atoms with van der Waals surface area (Å²) in [6, 6.07) is 16.2. The molecule has 2 N–H and O–H groups in total. The Balaban J connectivity index is 1.82. The second kappa shape index (κ2) is 7.97. The maximum Gasteiger partial charge on any atom is 0.255 e. The van der Waals surface area contributed by atoms with E-state index in [1.54, 1.807) is 25.1 Å². The Kier molecular flexibility index (Phi) is 5.47. The van der Waals surface area contributed by atoms with E-state index in [4.69, 9.17) is 0 Å². The molecule has 0 aliphatic carbocycles. The molecule has 138 valence electrons. The summed E-state index contributed by atoms with van der Waals surface area (Å²) < 4.78 is 0. The lowest BCUT2D eigenvalue weighted by Crippen LogP contribution is -2.14. The monoisotopic (exact) mass is 362 g/mol. The number of rotatable bonds is 5. The second-order valence-electron chi connectivity index (χ2n) is 6.71. The van der Waals surface area contributed by atoms with Crippen LogP contribution in [-0.2, 0) is 6.54 Å². The lowest BCUT2D eigenvalue weighted by molar-refractivity contribution is 0.102. The first kappa shape index (κ1) is 18.5. The maximum atomic E-state index is 12.6. The molecule has 3 aromatic rings. The van der Waals surface area contributed by atoms with Gasteiger partial charge in [0.15, 0.2) is 0 Å². The van der Waals surface area contributed by atoms with Crippen molar-refractivity contribution < 1.29 is 4.79 Å². The second-order valence-corrected chi connectivity index (χ2v) is 6.71. The SMILES string of the molecule is Cc1cc(=O)[nH]c(-c2cccc(NC(=O)c3cccc(CN(C)C)c3)c2)n1. The number of anilines is 1. The number of aromatic amines is 1. The van der Waals surface area contributed by atoms with Gasteiger partial charge in [0, 0.05) is 35.1 Å². The fraction of sp³-hybridized carbons (Fsp3) is 0.190. The van der Waals surface area contributed by atoms with Crippen molar-refractivity contribution in [3.63, 3.8) is 0 Å². The fourth-order valence-corrected chi connectivity index (χ4v) is 2.84. The number of carbonyl (C=O) groups is 1. The molecule has 1 amide bonds. The summed E-state index contributed by atoms with van der Waals surface area (Å²) in [7, 11) is 3.98. The summed E-state index contributed by atoms with van der Waals surface area (Å²) >= 11 is 0. The summed E-state index contributed by atoms with van der Waals surface area (Å²) in [4.78, 5) is 33.4. The first-order valence-electron chi connectivity index (χ1n) is 8.64. The van der Waals surface area contributed by atoms with E-state index in [1.165, 1.54) is 6.07 Å². The van der Waals surface area contributed by atoms with Gasteiger partial charge in [0.05, 0.1) is 0 Å². The molecule has 2 aromatic carbocycles. The van der Waals surface area contributed by atoms with Crippen molar-refractivity contribution in [3.05, 3.63) is 81.8 Å². The Hall–Kier alpha value is -3.25. The zero-order chi connectivity index (χ0) is 19.4. The molecule has 1 aromatic heterocycles. The summed E-state index contributed by atoms with van der Waals surface area (Å²) in [5.41, 5.74) is 3.48. The van der Waals surface area contributed by atoms with Crippen molar-refractivity contribution in [3.8, 4) is 11.4 Å². The quantitative estimate of drug-likeness (QED) is 0.731. The molecule has 0 fully saturated rings. The molecule has 0 spiro atoms. The first-order valence-corrected chi connectivity index (χ1v) is 8.64. The molecule has 6 heteroatoms. The van der Waals surface area contributed by atoms with Crippen LogP contribution in [0.1, 0.15) is 21.6 Å². The number of nitrogens with one attached hydrogen (secondary N) is 2. The third-order valence-electron chi connectivity index (χ3n) is 3.95. The van der Waals surface area contributed by atoms with Crippen LogP contribution < -0.4 is 10.9 Å². The number of aromatic nitrogens is 2. The molecule has 0 aliphatic rings. The molecule has 0 saturated carbocycles. The fourth-order valence-electron chi connectivity index (χ4n) is 2.84. The van der Waals surface area contributed by atoms with Crippen LogP contribution in [0.2, 0.25) is 0 Å². The zero-order valence-electron chi connectivity index (χ0n) is 15.6. The van der Waals surface area contributed by atoms with Crippen LogP contribution in [0.15, 0.2) is 59.4 Å². The predicted molar refractivity (Wildman–Crippen MR) is 107 cm³/mol. The molecule has 1 heterocycles. The van der Waals surface area contributed by atoms with Crippen LogP contribution in [0, 0.1) is 6.92 Å². The largest absolute Gasteiger partial charge is 0.322 e. The number of nitrogens with zero attached hydrogens (tertiary/aromatic N) is 2. The number of hydrogen-bond donors (Lipinski definition) is 2. The van der Waals surface area contributed by atoms with Gasteiger partial charge in [-0.25, -0.2) is 4.98 Å². The van der Waals surface area contributed by atoms with E-state index in [9.17, 15) is 9.59 Å². The predicted octanol–water partition coefficient (Wildman–Crippen LogP) is 3.06. The third-order valence-corrected chi connectivity index (χ3v) is 3.95. The van der Waals surface area contributed by atoms with Crippen molar-refractivity contribution in [2.75, 3.05) is 19.4 Å². The van der Waals surface area contributed by atoms with Crippen LogP contribution in [-0.4, -0.2) is 34.9 Å². The van der Waals surface area contributed by atoms with E-state index in [0.29, 0.717) is 22.8 Å². The lowest BCUT2D eigenvalue weighted by Gasteiger charge is -2.11. The average molecular weight is 362 g/mol. The molecule has 0 saturated heterocycles. The van der Waals surface area contributed by atoms with Crippen LogP contribution >= 0.6 is 0 Å². The zero-order valence-corrected chi connectivity index (χ0v) is 15.6. The van der Waals surface area contributed by atoms with E-state index in [0.717, 1.165) is 17.7 Å². The lowest BCUT2D eigenvalue weighted by atomic mass is 10.1. The van der Waals surface area contributed by atoms with Gasteiger partial charge in [0.25, 0.3) is 11.5 Å². The van der Waals surface area contributed by atoms with Crippen LogP contribution in [0.5, 0.6) is 0 Å². The van der Waals surface area contributed by atoms with E-state index >= 15 is 0 Å². The van der Waals surface area contributed by atoms with Gasteiger partial charge in [0.2, 0.25) is 0 Å². The molecule has 6 nitrogen and oxygen atoms in total. The highest BCUT2D eigenvalue weighted by atomic mass is 16.1. The first-order chi connectivity index (χ1) is 12.9.